The van der Waals surface area contributed by atoms with Crippen molar-refractivity contribution >= 4 is 21.6 Å². The summed E-state index contributed by atoms with van der Waals surface area (Å²) in [6.45, 7) is 2.07. The van der Waals surface area contributed by atoms with E-state index in [2.05, 4.69) is 5.32 Å². The molecule has 0 spiro atoms. The second-order valence-electron chi connectivity index (χ2n) is 5.71. The Balaban J connectivity index is 1.90. The van der Waals surface area contributed by atoms with Crippen LogP contribution in [0.5, 0.6) is 0 Å². The van der Waals surface area contributed by atoms with Gasteiger partial charge in [0.15, 0.2) is 0 Å². The molecule has 1 N–H and O–H groups in total. The number of benzene rings is 2. The molecule has 1 aliphatic rings. The standard InChI is InChI=1S/C17H18N2O3S/c1-12-15-10-14(8-9-16(15)18-17(12)20)23(21,22)19(2)11-13-6-4-3-5-7-13/h3-10,12H,11H2,1-2H3,(H,18,20)/t12-/m0/s1. The smallest absolute Gasteiger partial charge is 0.243 e. The van der Waals surface area contributed by atoms with E-state index < -0.39 is 10.0 Å². The van der Waals surface area contributed by atoms with Gasteiger partial charge in [-0.3, -0.25) is 4.79 Å². The maximum Gasteiger partial charge on any atom is 0.243 e. The van der Waals surface area contributed by atoms with Crippen LogP contribution >= 0.6 is 0 Å². The number of carbonyl (C=O) groups excluding carboxylic acids is 1. The van der Waals surface area contributed by atoms with Crippen molar-refractivity contribution < 1.29 is 13.2 Å². The van der Waals surface area contributed by atoms with Gasteiger partial charge in [-0.2, -0.15) is 4.31 Å². The number of hydrogen-bond acceptors (Lipinski definition) is 3. The predicted octanol–water partition coefficient (Wildman–Crippen LogP) is 2.56. The first kappa shape index (κ1) is 15.7. The van der Waals surface area contributed by atoms with E-state index in [4.69, 9.17) is 0 Å². The molecule has 0 unspecified atom stereocenters. The lowest BCUT2D eigenvalue weighted by molar-refractivity contribution is -0.116. The fourth-order valence-electron chi connectivity index (χ4n) is 2.66. The fraction of sp³-hybridized carbons (Fsp3) is 0.235. The molecule has 1 heterocycles. The molecule has 2 aromatic rings. The first-order valence-electron chi connectivity index (χ1n) is 7.34. The number of amides is 1. The van der Waals surface area contributed by atoms with Crippen molar-refractivity contribution in [2.24, 2.45) is 0 Å². The Kier molecular flexibility index (Phi) is 3.95. The van der Waals surface area contributed by atoms with Crippen LogP contribution < -0.4 is 5.32 Å². The lowest BCUT2D eigenvalue weighted by Gasteiger charge is -2.18. The lowest BCUT2D eigenvalue weighted by Crippen LogP contribution is -2.26. The summed E-state index contributed by atoms with van der Waals surface area (Å²) in [4.78, 5) is 11.9. The second-order valence-corrected chi connectivity index (χ2v) is 7.75. The highest BCUT2D eigenvalue weighted by molar-refractivity contribution is 7.89. The average Bonchev–Trinajstić information content (AvgIpc) is 2.82. The van der Waals surface area contributed by atoms with E-state index in [9.17, 15) is 13.2 Å². The monoisotopic (exact) mass is 330 g/mol. The molecule has 23 heavy (non-hydrogen) atoms. The van der Waals surface area contributed by atoms with Gasteiger partial charge < -0.3 is 5.32 Å². The SMILES string of the molecule is C[C@@H]1C(=O)Nc2ccc(S(=O)(=O)N(C)Cc3ccccc3)cc21. The van der Waals surface area contributed by atoms with Crippen LogP contribution in [-0.4, -0.2) is 25.7 Å². The van der Waals surface area contributed by atoms with E-state index in [1.54, 1.807) is 26.1 Å². The summed E-state index contributed by atoms with van der Waals surface area (Å²) in [7, 11) is -2.05. The van der Waals surface area contributed by atoms with Crippen molar-refractivity contribution in [2.45, 2.75) is 24.3 Å². The van der Waals surface area contributed by atoms with Gasteiger partial charge >= 0.3 is 0 Å². The van der Waals surface area contributed by atoms with E-state index in [0.29, 0.717) is 12.2 Å². The van der Waals surface area contributed by atoms with Crippen LogP contribution in [0, 0.1) is 0 Å². The zero-order chi connectivity index (χ0) is 16.6. The molecule has 0 saturated heterocycles. The number of anilines is 1. The Morgan fingerprint density at radius 3 is 2.52 bits per heavy atom. The Hall–Kier alpha value is -2.18. The topological polar surface area (TPSA) is 66.5 Å². The highest BCUT2D eigenvalue weighted by Gasteiger charge is 2.29. The second kappa shape index (κ2) is 5.79. The maximum atomic E-state index is 12.7. The molecular formula is C17H18N2O3S. The number of rotatable bonds is 4. The van der Waals surface area contributed by atoms with Crippen molar-refractivity contribution in [3.63, 3.8) is 0 Å². The van der Waals surface area contributed by atoms with Gasteiger partial charge in [-0.15, -0.1) is 0 Å². The molecule has 0 saturated carbocycles. The van der Waals surface area contributed by atoms with E-state index >= 15 is 0 Å². The molecule has 0 radical (unpaired) electrons. The zero-order valence-electron chi connectivity index (χ0n) is 13.0. The number of carbonyl (C=O) groups is 1. The average molecular weight is 330 g/mol. The van der Waals surface area contributed by atoms with Crippen molar-refractivity contribution in [3.05, 3.63) is 59.7 Å². The quantitative estimate of drug-likeness (QED) is 0.937. The molecule has 1 amide bonds. The minimum Gasteiger partial charge on any atom is -0.325 e. The van der Waals surface area contributed by atoms with Gasteiger partial charge in [0.05, 0.1) is 10.8 Å². The normalized spacial score (nSPS) is 17.2. The van der Waals surface area contributed by atoms with Gasteiger partial charge in [-0.25, -0.2) is 8.42 Å². The maximum absolute atomic E-state index is 12.7. The van der Waals surface area contributed by atoms with Crippen LogP contribution in [0.3, 0.4) is 0 Å². The number of fused-ring (bicyclic) bond motifs is 1. The van der Waals surface area contributed by atoms with Gasteiger partial charge in [0.2, 0.25) is 15.9 Å². The van der Waals surface area contributed by atoms with Gasteiger partial charge in [0.25, 0.3) is 0 Å². The molecule has 0 fully saturated rings. The number of nitrogens with zero attached hydrogens (tertiary/aromatic N) is 1. The molecule has 5 nitrogen and oxygen atoms in total. The summed E-state index contributed by atoms with van der Waals surface area (Å²) >= 11 is 0. The molecule has 6 heteroatoms. The molecule has 0 aromatic heterocycles. The minimum atomic E-state index is -3.61. The number of nitrogens with one attached hydrogen (secondary N) is 1. The van der Waals surface area contributed by atoms with Crippen LogP contribution in [0.1, 0.15) is 24.0 Å². The van der Waals surface area contributed by atoms with E-state index in [1.165, 1.54) is 10.4 Å². The third kappa shape index (κ3) is 2.87. The van der Waals surface area contributed by atoms with Gasteiger partial charge in [0, 0.05) is 19.3 Å². The molecule has 0 aliphatic carbocycles. The highest BCUT2D eigenvalue weighted by atomic mass is 32.2. The van der Waals surface area contributed by atoms with Crippen LogP contribution in [0.15, 0.2) is 53.4 Å². The summed E-state index contributed by atoms with van der Waals surface area (Å²) in [5.41, 5.74) is 2.33. The molecule has 1 atom stereocenters. The molecule has 0 bridgehead atoms. The summed E-state index contributed by atoms with van der Waals surface area (Å²) < 4.78 is 26.8. The zero-order valence-corrected chi connectivity index (χ0v) is 13.8. The first-order valence-corrected chi connectivity index (χ1v) is 8.78. The summed E-state index contributed by atoms with van der Waals surface area (Å²) in [6, 6.07) is 14.2. The van der Waals surface area contributed by atoms with E-state index in [0.717, 1.165) is 11.1 Å². The Bertz CT molecular complexity index is 847. The Morgan fingerprint density at radius 2 is 1.83 bits per heavy atom. The van der Waals surface area contributed by atoms with Gasteiger partial charge in [-0.05, 0) is 36.2 Å². The highest BCUT2D eigenvalue weighted by Crippen LogP contribution is 2.34. The van der Waals surface area contributed by atoms with Crippen LogP contribution in [0.25, 0.3) is 0 Å². The molecule has 1 aliphatic heterocycles. The largest absolute Gasteiger partial charge is 0.325 e. The van der Waals surface area contributed by atoms with Crippen LogP contribution in [-0.2, 0) is 21.4 Å². The third-order valence-corrected chi connectivity index (χ3v) is 5.90. The van der Waals surface area contributed by atoms with Crippen LogP contribution in [0.4, 0.5) is 5.69 Å². The Labute approximate surface area is 136 Å². The minimum absolute atomic E-state index is 0.104. The van der Waals surface area contributed by atoms with Crippen molar-refractivity contribution in [1.82, 2.24) is 4.31 Å². The van der Waals surface area contributed by atoms with E-state index in [1.807, 2.05) is 30.3 Å². The molecular weight excluding hydrogens is 312 g/mol. The summed E-state index contributed by atoms with van der Waals surface area (Å²) in [5, 5.41) is 2.75. The lowest BCUT2D eigenvalue weighted by atomic mass is 10.0. The molecule has 2 aromatic carbocycles. The van der Waals surface area contributed by atoms with Gasteiger partial charge in [0.1, 0.15) is 0 Å². The van der Waals surface area contributed by atoms with Crippen molar-refractivity contribution in [1.29, 1.82) is 0 Å². The van der Waals surface area contributed by atoms with Crippen molar-refractivity contribution in [3.8, 4) is 0 Å². The predicted molar refractivity (Wildman–Crippen MR) is 88.6 cm³/mol. The van der Waals surface area contributed by atoms with E-state index in [-0.39, 0.29) is 16.7 Å². The van der Waals surface area contributed by atoms with Crippen molar-refractivity contribution in [2.75, 3.05) is 12.4 Å². The Morgan fingerprint density at radius 1 is 1.13 bits per heavy atom. The molecule has 3 rings (SSSR count). The van der Waals surface area contributed by atoms with Crippen LogP contribution in [0.2, 0.25) is 0 Å². The summed E-state index contributed by atoms with van der Waals surface area (Å²) in [5.74, 6) is -0.438. The first-order chi connectivity index (χ1) is 10.9. The third-order valence-electron chi connectivity index (χ3n) is 4.10. The molecule has 120 valence electrons. The number of sulfonamides is 1. The fourth-order valence-corrected chi connectivity index (χ4v) is 3.86. The summed E-state index contributed by atoms with van der Waals surface area (Å²) in [6.07, 6.45) is 0. The van der Waals surface area contributed by atoms with Gasteiger partial charge in [-0.1, -0.05) is 30.3 Å². The number of hydrogen-bond donors (Lipinski definition) is 1.